The lowest BCUT2D eigenvalue weighted by Gasteiger charge is -2.10. The average molecular weight is 415 g/mol. The zero-order valence-electron chi connectivity index (χ0n) is 14.7. The molecule has 0 saturated carbocycles. The van der Waals surface area contributed by atoms with Gasteiger partial charge in [0.1, 0.15) is 5.82 Å². The molecule has 148 valence electrons. The van der Waals surface area contributed by atoms with E-state index in [0.717, 1.165) is 12.1 Å². The van der Waals surface area contributed by atoms with Crippen LogP contribution in [0.2, 0.25) is 0 Å². The van der Waals surface area contributed by atoms with Gasteiger partial charge in [0.15, 0.2) is 0 Å². The summed E-state index contributed by atoms with van der Waals surface area (Å²) < 4.78 is 40.6. The predicted octanol–water partition coefficient (Wildman–Crippen LogP) is 3.79. The lowest BCUT2D eigenvalue weighted by Crippen LogP contribution is -2.15. The summed E-state index contributed by atoms with van der Waals surface area (Å²) in [6.07, 6.45) is 0. The third-order valence-corrected chi connectivity index (χ3v) is 5.24. The van der Waals surface area contributed by atoms with Crippen LogP contribution in [0.1, 0.15) is 10.4 Å². The Labute approximate surface area is 165 Å². The number of anilines is 2. The number of hydrogen-bond acceptors (Lipinski definition) is 5. The Balaban J connectivity index is 1.74. The van der Waals surface area contributed by atoms with E-state index >= 15 is 0 Å². The Bertz CT molecular complexity index is 1180. The van der Waals surface area contributed by atoms with Gasteiger partial charge in [-0.3, -0.25) is 19.6 Å². The van der Waals surface area contributed by atoms with Crippen LogP contribution in [0.25, 0.3) is 0 Å². The Morgan fingerprint density at radius 1 is 0.966 bits per heavy atom. The van der Waals surface area contributed by atoms with E-state index in [1.54, 1.807) is 0 Å². The van der Waals surface area contributed by atoms with Gasteiger partial charge in [-0.05, 0) is 42.5 Å². The van der Waals surface area contributed by atoms with E-state index in [0.29, 0.717) is 0 Å². The molecule has 0 fully saturated rings. The molecular weight excluding hydrogens is 401 g/mol. The molecule has 0 heterocycles. The minimum Gasteiger partial charge on any atom is -0.322 e. The van der Waals surface area contributed by atoms with Crippen LogP contribution >= 0.6 is 0 Å². The number of non-ortho nitro benzene ring substituents is 1. The smallest absolute Gasteiger partial charge is 0.270 e. The van der Waals surface area contributed by atoms with Gasteiger partial charge in [-0.1, -0.05) is 18.2 Å². The van der Waals surface area contributed by atoms with Crippen LogP contribution in [0.3, 0.4) is 0 Å². The Morgan fingerprint density at radius 3 is 2.31 bits per heavy atom. The molecule has 8 nitrogen and oxygen atoms in total. The van der Waals surface area contributed by atoms with Crippen molar-refractivity contribution in [3.05, 3.63) is 94.3 Å². The van der Waals surface area contributed by atoms with Crippen molar-refractivity contribution in [1.82, 2.24) is 0 Å². The van der Waals surface area contributed by atoms with E-state index in [9.17, 15) is 27.7 Å². The molecule has 1 amide bonds. The van der Waals surface area contributed by atoms with Crippen LogP contribution in [0.5, 0.6) is 0 Å². The minimum absolute atomic E-state index is 0.0807. The summed E-state index contributed by atoms with van der Waals surface area (Å²) in [5.41, 5.74) is -0.0441. The molecule has 0 unspecified atom stereocenters. The summed E-state index contributed by atoms with van der Waals surface area (Å²) in [4.78, 5) is 22.3. The van der Waals surface area contributed by atoms with E-state index in [2.05, 4.69) is 10.0 Å². The fourth-order valence-corrected chi connectivity index (χ4v) is 3.50. The maximum atomic E-state index is 13.7. The summed E-state index contributed by atoms with van der Waals surface area (Å²) in [6.45, 7) is 0. The monoisotopic (exact) mass is 415 g/mol. The van der Waals surface area contributed by atoms with E-state index in [4.69, 9.17) is 0 Å². The number of nitro groups is 1. The fourth-order valence-electron chi connectivity index (χ4n) is 2.43. The molecule has 0 atom stereocenters. The van der Waals surface area contributed by atoms with Crippen LogP contribution in [0.4, 0.5) is 21.5 Å². The van der Waals surface area contributed by atoms with Crippen molar-refractivity contribution in [1.29, 1.82) is 0 Å². The number of nitro benzene ring substituents is 1. The number of nitrogens with zero attached hydrogens (tertiary/aromatic N) is 1. The summed E-state index contributed by atoms with van der Waals surface area (Å²) >= 11 is 0. The molecule has 0 aliphatic heterocycles. The maximum absolute atomic E-state index is 13.7. The zero-order valence-corrected chi connectivity index (χ0v) is 15.5. The topological polar surface area (TPSA) is 118 Å². The highest BCUT2D eigenvalue weighted by Gasteiger charge is 2.17. The first kappa shape index (κ1) is 20.0. The second-order valence-corrected chi connectivity index (χ2v) is 7.55. The van der Waals surface area contributed by atoms with Gasteiger partial charge < -0.3 is 5.32 Å². The number of rotatable bonds is 6. The molecule has 0 aromatic heterocycles. The van der Waals surface area contributed by atoms with Crippen molar-refractivity contribution in [2.24, 2.45) is 0 Å². The van der Waals surface area contributed by atoms with E-state index < -0.39 is 26.7 Å². The lowest BCUT2D eigenvalue weighted by molar-refractivity contribution is -0.384. The number of hydrogen-bond donors (Lipinski definition) is 2. The number of carbonyl (C=O) groups is 1. The molecule has 29 heavy (non-hydrogen) atoms. The number of nitrogens with one attached hydrogen (secondary N) is 2. The molecule has 0 aliphatic rings. The van der Waals surface area contributed by atoms with Crippen molar-refractivity contribution in [3.63, 3.8) is 0 Å². The molecule has 0 saturated heterocycles. The highest BCUT2D eigenvalue weighted by molar-refractivity contribution is 7.92. The molecule has 0 aliphatic carbocycles. The third kappa shape index (κ3) is 4.74. The van der Waals surface area contributed by atoms with Crippen LogP contribution < -0.4 is 10.0 Å². The average Bonchev–Trinajstić information content (AvgIpc) is 2.70. The highest BCUT2D eigenvalue weighted by atomic mass is 32.2. The van der Waals surface area contributed by atoms with Gasteiger partial charge in [0.05, 0.1) is 15.5 Å². The van der Waals surface area contributed by atoms with Crippen molar-refractivity contribution < 1.29 is 22.5 Å². The van der Waals surface area contributed by atoms with Gasteiger partial charge in [-0.2, -0.15) is 0 Å². The third-order valence-electron chi connectivity index (χ3n) is 3.86. The Kier molecular flexibility index (Phi) is 5.55. The number of benzene rings is 3. The molecule has 0 radical (unpaired) electrons. The van der Waals surface area contributed by atoms with Gasteiger partial charge in [-0.15, -0.1) is 0 Å². The second-order valence-electron chi connectivity index (χ2n) is 5.87. The van der Waals surface area contributed by atoms with Gasteiger partial charge >= 0.3 is 0 Å². The number of para-hydroxylation sites is 1. The quantitative estimate of drug-likeness (QED) is 0.469. The highest BCUT2D eigenvalue weighted by Crippen LogP contribution is 2.21. The number of amides is 1. The molecule has 0 spiro atoms. The summed E-state index contributed by atoms with van der Waals surface area (Å²) in [6, 6.07) is 15.7. The molecule has 2 N–H and O–H groups in total. The molecule has 0 bridgehead atoms. The Hall–Kier alpha value is -3.79. The van der Waals surface area contributed by atoms with Crippen LogP contribution in [0.15, 0.2) is 77.7 Å². The molecule has 10 heteroatoms. The summed E-state index contributed by atoms with van der Waals surface area (Å²) in [5, 5.41) is 13.3. The van der Waals surface area contributed by atoms with E-state index in [-0.39, 0.29) is 27.5 Å². The summed E-state index contributed by atoms with van der Waals surface area (Å²) in [5.74, 6) is -1.30. The molecular formula is C19H14FN3O5S. The minimum atomic E-state index is -4.03. The maximum Gasteiger partial charge on any atom is 0.270 e. The van der Waals surface area contributed by atoms with E-state index in [1.165, 1.54) is 60.7 Å². The number of halogens is 1. The Morgan fingerprint density at radius 2 is 1.66 bits per heavy atom. The summed E-state index contributed by atoms with van der Waals surface area (Å²) in [7, 11) is -4.03. The fraction of sp³-hybridized carbons (Fsp3) is 0. The van der Waals surface area contributed by atoms with Crippen LogP contribution in [0, 0.1) is 15.9 Å². The van der Waals surface area contributed by atoms with Gasteiger partial charge in [-0.25, -0.2) is 12.8 Å². The predicted molar refractivity (Wildman–Crippen MR) is 105 cm³/mol. The molecule has 3 rings (SSSR count). The first-order valence-electron chi connectivity index (χ1n) is 8.19. The first-order chi connectivity index (χ1) is 13.8. The number of carbonyl (C=O) groups excluding carboxylic acids is 1. The second kappa shape index (κ2) is 8.07. The van der Waals surface area contributed by atoms with Gasteiger partial charge in [0.25, 0.3) is 21.6 Å². The van der Waals surface area contributed by atoms with Gasteiger partial charge in [0, 0.05) is 23.4 Å². The van der Waals surface area contributed by atoms with Crippen molar-refractivity contribution >= 4 is 33.0 Å². The zero-order chi connectivity index (χ0) is 21.0. The molecule has 3 aromatic rings. The lowest BCUT2D eigenvalue weighted by atomic mass is 10.2. The largest absolute Gasteiger partial charge is 0.322 e. The van der Waals surface area contributed by atoms with Crippen LogP contribution in [-0.2, 0) is 10.0 Å². The first-order valence-corrected chi connectivity index (χ1v) is 9.68. The van der Waals surface area contributed by atoms with Crippen molar-refractivity contribution in [2.75, 3.05) is 10.0 Å². The van der Waals surface area contributed by atoms with Crippen LogP contribution in [-0.4, -0.2) is 19.2 Å². The van der Waals surface area contributed by atoms with Gasteiger partial charge in [0.2, 0.25) is 0 Å². The van der Waals surface area contributed by atoms with Crippen molar-refractivity contribution in [3.8, 4) is 0 Å². The number of sulfonamides is 1. The normalized spacial score (nSPS) is 10.9. The SMILES string of the molecule is O=C(Nc1ccc(S(=O)(=O)Nc2ccccc2F)cc1)c1cccc([N+](=O)[O-])c1. The standard InChI is InChI=1S/C19H14FN3O5S/c20-17-6-1-2-7-18(17)22-29(27,28)16-10-8-14(9-11-16)21-19(24)13-4-3-5-15(12-13)23(25)26/h1-12,22H,(H,21,24). The van der Waals surface area contributed by atoms with Crippen molar-refractivity contribution in [2.45, 2.75) is 4.90 Å². The van der Waals surface area contributed by atoms with E-state index in [1.807, 2.05) is 0 Å². The molecule has 3 aromatic carbocycles.